The van der Waals surface area contributed by atoms with Gasteiger partial charge in [0.05, 0.1) is 6.04 Å². The molecule has 2 aliphatic heterocycles. The lowest BCUT2D eigenvalue weighted by Gasteiger charge is -2.40. The largest absolute Gasteiger partial charge is 0.507 e. The molecule has 5 aliphatic rings. The average Bonchev–Trinajstić information content (AvgIpc) is 3.46. The van der Waals surface area contributed by atoms with Gasteiger partial charge in [0, 0.05) is 18.9 Å². The van der Waals surface area contributed by atoms with Crippen LogP contribution in [0.5, 0.6) is 0 Å². The number of ketones is 2. The number of carbonyl (C=O) groups is 4. The summed E-state index contributed by atoms with van der Waals surface area (Å²) in [6.45, 7) is 4.98. The third kappa shape index (κ3) is 4.35. The van der Waals surface area contributed by atoms with Crippen LogP contribution in [0.4, 0.5) is 0 Å². The van der Waals surface area contributed by atoms with Crippen LogP contribution in [0.1, 0.15) is 58.8 Å². The minimum atomic E-state index is -0.694. The van der Waals surface area contributed by atoms with Crippen LogP contribution < -0.4 is 10.6 Å². The normalized spacial score (nSPS) is 42.9. The van der Waals surface area contributed by atoms with Crippen LogP contribution >= 0.6 is 0 Å². The molecule has 36 heavy (non-hydrogen) atoms. The number of aliphatic hydroxyl groups excluding tert-OH is 1. The predicted octanol–water partition coefficient (Wildman–Crippen LogP) is 3.42. The first-order chi connectivity index (χ1) is 17.3. The van der Waals surface area contributed by atoms with Gasteiger partial charge in [-0.05, 0) is 85.7 Å². The number of aliphatic hydroxyl groups is 1. The first-order valence-electron chi connectivity index (χ1n) is 13.7. The minimum Gasteiger partial charge on any atom is -0.507 e. The Kier molecular flexibility index (Phi) is 6.92. The molecule has 2 amide bonds. The van der Waals surface area contributed by atoms with E-state index in [4.69, 9.17) is 0 Å². The van der Waals surface area contributed by atoms with Gasteiger partial charge in [0.2, 0.25) is 5.91 Å². The van der Waals surface area contributed by atoms with E-state index in [9.17, 15) is 24.3 Å². The van der Waals surface area contributed by atoms with Crippen molar-refractivity contribution in [3.8, 4) is 0 Å². The molecular weight excluding hydrogens is 456 g/mol. The SMILES string of the molecule is CCC1C[C@H]2C[C@H]3[C@@H]4C/C=C\C(=O)NCCC[C@@H]5NC(=O)C(=C(O)/C=C/[C@H]4CC(=O)[C@@H]3[C@H]2[C@@H]1C)C5=O. The van der Waals surface area contributed by atoms with Gasteiger partial charge in [0.15, 0.2) is 5.78 Å². The Balaban J connectivity index is 1.46. The molecule has 7 nitrogen and oxygen atoms in total. The van der Waals surface area contributed by atoms with E-state index >= 15 is 0 Å². The second kappa shape index (κ2) is 9.98. The van der Waals surface area contributed by atoms with Crippen LogP contribution in [0.15, 0.2) is 35.6 Å². The topological polar surface area (TPSA) is 113 Å². The first-order valence-corrected chi connectivity index (χ1v) is 13.7. The maximum Gasteiger partial charge on any atom is 0.259 e. The molecule has 3 aliphatic carbocycles. The van der Waals surface area contributed by atoms with Gasteiger partial charge in [-0.1, -0.05) is 32.4 Å². The summed E-state index contributed by atoms with van der Waals surface area (Å²) in [6.07, 6.45) is 12.2. The van der Waals surface area contributed by atoms with E-state index in [1.54, 1.807) is 6.08 Å². The van der Waals surface area contributed by atoms with Crippen molar-refractivity contribution in [3.05, 3.63) is 35.6 Å². The molecule has 7 heteroatoms. The molecule has 9 atom stereocenters. The molecular formula is C29H38N2O5. The monoisotopic (exact) mass is 494 g/mol. The first kappa shape index (κ1) is 25.0. The zero-order valence-electron chi connectivity index (χ0n) is 21.2. The molecule has 1 saturated heterocycles. The lowest BCUT2D eigenvalue weighted by molar-refractivity contribution is -0.131. The third-order valence-corrected chi connectivity index (χ3v) is 9.88. The maximum absolute atomic E-state index is 13.5. The molecule has 0 aromatic heterocycles. The van der Waals surface area contributed by atoms with Crippen LogP contribution in [0.2, 0.25) is 0 Å². The molecule has 0 aromatic rings. The summed E-state index contributed by atoms with van der Waals surface area (Å²) in [5.74, 6) is 1.45. The summed E-state index contributed by atoms with van der Waals surface area (Å²) in [5, 5.41) is 16.2. The second-order valence-electron chi connectivity index (χ2n) is 11.6. The number of carbonyl (C=O) groups excluding carboxylic acids is 4. The van der Waals surface area contributed by atoms with Crippen molar-refractivity contribution in [2.45, 2.75) is 64.8 Å². The van der Waals surface area contributed by atoms with E-state index in [1.165, 1.54) is 12.5 Å². The average molecular weight is 495 g/mol. The van der Waals surface area contributed by atoms with Crippen LogP contribution in [-0.4, -0.2) is 41.1 Å². The zero-order valence-corrected chi connectivity index (χ0v) is 21.2. The molecule has 4 fully saturated rings. The number of hydrogen-bond acceptors (Lipinski definition) is 5. The van der Waals surface area contributed by atoms with Crippen molar-refractivity contribution in [2.75, 3.05) is 6.54 Å². The molecule has 2 heterocycles. The minimum absolute atomic E-state index is 0.0684. The maximum atomic E-state index is 13.5. The highest BCUT2D eigenvalue weighted by molar-refractivity contribution is 6.27. The standard InChI is InChI=1S/C29H38N2O5/c1-3-16-12-18-13-20-19-6-4-8-24(34)30-11-5-7-21-28(35)27(29(36)31-21)22(32)10-9-17(19)14-23(33)26(20)25(18)15(16)2/h4,8-10,15-21,25-26,32H,3,5-7,11-14H2,1-2H3,(H,30,34)(H,31,36)/b8-4-,10-9+,27-22?/t15-,16?,17+,18+,19-,20+,21+,25+,26-/m1/s1. The highest BCUT2D eigenvalue weighted by Crippen LogP contribution is 2.61. The van der Waals surface area contributed by atoms with Crippen molar-refractivity contribution < 1.29 is 24.3 Å². The Hall–Kier alpha value is -2.70. The van der Waals surface area contributed by atoms with E-state index in [-0.39, 0.29) is 40.9 Å². The number of nitrogens with one attached hydrogen (secondary N) is 2. The molecule has 2 bridgehead atoms. The summed E-state index contributed by atoms with van der Waals surface area (Å²) in [4.78, 5) is 51.1. The molecule has 194 valence electrons. The second-order valence-corrected chi connectivity index (χ2v) is 11.6. The van der Waals surface area contributed by atoms with Gasteiger partial charge < -0.3 is 15.7 Å². The summed E-state index contributed by atoms with van der Waals surface area (Å²) >= 11 is 0. The zero-order chi connectivity index (χ0) is 25.6. The summed E-state index contributed by atoms with van der Waals surface area (Å²) in [5.41, 5.74) is -0.210. The van der Waals surface area contributed by atoms with Gasteiger partial charge in [-0.25, -0.2) is 0 Å². The summed E-state index contributed by atoms with van der Waals surface area (Å²) in [6, 6.07) is -0.694. The Morgan fingerprint density at radius 3 is 2.67 bits per heavy atom. The van der Waals surface area contributed by atoms with Gasteiger partial charge in [-0.3, -0.25) is 19.2 Å². The van der Waals surface area contributed by atoms with E-state index < -0.39 is 17.7 Å². The van der Waals surface area contributed by atoms with Crippen molar-refractivity contribution >= 4 is 23.4 Å². The number of fused-ring (bicyclic) bond motifs is 7. The molecule has 0 spiro atoms. The fourth-order valence-electron chi connectivity index (χ4n) is 8.22. The van der Waals surface area contributed by atoms with E-state index in [0.29, 0.717) is 61.7 Å². The van der Waals surface area contributed by atoms with Crippen molar-refractivity contribution in [1.29, 1.82) is 0 Å². The summed E-state index contributed by atoms with van der Waals surface area (Å²) < 4.78 is 0. The van der Waals surface area contributed by atoms with Crippen molar-refractivity contribution in [3.63, 3.8) is 0 Å². The Bertz CT molecular complexity index is 1040. The molecule has 0 radical (unpaired) electrons. The third-order valence-electron chi connectivity index (χ3n) is 9.88. The molecule has 5 rings (SSSR count). The van der Waals surface area contributed by atoms with Crippen LogP contribution in [0.25, 0.3) is 0 Å². The highest BCUT2D eigenvalue weighted by atomic mass is 16.3. The quantitative estimate of drug-likeness (QED) is 0.484. The highest BCUT2D eigenvalue weighted by Gasteiger charge is 2.58. The molecule has 3 saturated carbocycles. The van der Waals surface area contributed by atoms with Crippen LogP contribution in [-0.2, 0) is 19.2 Å². The predicted molar refractivity (Wildman–Crippen MR) is 134 cm³/mol. The Labute approximate surface area is 212 Å². The van der Waals surface area contributed by atoms with Crippen molar-refractivity contribution in [2.24, 2.45) is 47.3 Å². The van der Waals surface area contributed by atoms with Gasteiger partial charge >= 0.3 is 0 Å². The fourth-order valence-corrected chi connectivity index (χ4v) is 8.22. The number of allylic oxidation sites excluding steroid dienone is 3. The fraction of sp³-hybridized carbons (Fsp3) is 0.655. The number of hydrogen-bond donors (Lipinski definition) is 3. The lowest BCUT2D eigenvalue weighted by atomic mass is 9.63. The van der Waals surface area contributed by atoms with E-state index in [1.807, 2.05) is 12.2 Å². The smallest absolute Gasteiger partial charge is 0.259 e. The van der Waals surface area contributed by atoms with Gasteiger partial charge in [-0.15, -0.1) is 0 Å². The Morgan fingerprint density at radius 2 is 1.89 bits per heavy atom. The van der Waals surface area contributed by atoms with E-state index in [0.717, 1.165) is 12.8 Å². The number of rotatable bonds is 1. The van der Waals surface area contributed by atoms with Crippen LogP contribution in [0.3, 0.4) is 0 Å². The molecule has 0 aromatic carbocycles. The van der Waals surface area contributed by atoms with Gasteiger partial charge in [-0.2, -0.15) is 0 Å². The van der Waals surface area contributed by atoms with E-state index in [2.05, 4.69) is 24.5 Å². The van der Waals surface area contributed by atoms with Crippen LogP contribution in [0, 0.1) is 47.3 Å². The number of Topliss-reactive ketones (excluding diaryl/α,β-unsaturated/α-hetero) is 2. The lowest BCUT2D eigenvalue weighted by Crippen LogP contribution is -2.41. The Morgan fingerprint density at radius 1 is 1.08 bits per heavy atom. The summed E-state index contributed by atoms with van der Waals surface area (Å²) in [7, 11) is 0. The van der Waals surface area contributed by atoms with Gasteiger partial charge in [0.25, 0.3) is 5.91 Å². The molecule has 3 N–H and O–H groups in total. The van der Waals surface area contributed by atoms with Crippen molar-refractivity contribution in [1.82, 2.24) is 10.6 Å². The molecule has 1 unspecified atom stereocenters. The van der Waals surface area contributed by atoms with Gasteiger partial charge in [0.1, 0.15) is 17.1 Å². The number of amides is 2.